The minimum absolute atomic E-state index is 0.180. The topological polar surface area (TPSA) is 78.7 Å². The molecule has 0 aliphatic carbocycles. The molecule has 31 heavy (non-hydrogen) atoms. The maximum atomic E-state index is 12.8. The molecule has 0 fully saturated rings. The first kappa shape index (κ1) is 24.4. The first-order valence-corrected chi connectivity index (χ1v) is 9.74. The van der Waals surface area contributed by atoms with Crippen LogP contribution in [0.2, 0.25) is 0 Å². The third-order valence-electron chi connectivity index (χ3n) is 4.76. The molecule has 2 heterocycles. The molecule has 1 atom stereocenters. The van der Waals surface area contributed by atoms with E-state index in [1.54, 1.807) is 0 Å². The SMILES string of the molecule is Cc1ccc(CC(=O)N2Cc3nccn3CC(CN(C)C)C2)cc1.O=C(O)C(F)(F)F. The summed E-state index contributed by atoms with van der Waals surface area (Å²) < 4.78 is 33.9. The lowest BCUT2D eigenvalue weighted by atomic mass is 10.1. The summed E-state index contributed by atoms with van der Waals surface area (Å²) in [6, 6.07) is 8.21. The fraction of sp³-hybridized carbons (Fsp3) is 0.476. The minimum atomic E-state index is -5.08. The molecule has 0 bridgehead atoms. The Morgan fingerprint density at radius 3 is 2.35 bits per heavy atom. The Kier molecular flexibility index (Phi) is 8.21. The molecule has 10 heteroatoms. The fourth-order valence-corrected chi connectivity index (χ4v) is 3.35. The van der Waals surface area contributed by atoms with Crippen molar-refractivity contribution in [3.05, 3.63) is 53.6 Å². The van der Waals surface area contributed by atoms with Crippen molar-refractivity contribution in [3.63, 3.8) is 0 Å². The van der Waals surface area contributed by atoms with Gasteiger partial charge in [0.2, 0.25) is 5.91 Å². The third-order valence-corrected chi connectivity index (χ3v) is 4.76. The van der Waals surface area contributed by atoms with Gasteiger partial charge in [0.05, 0.1) is 13.0 Å². The van der Waals surface area contributed by atoms with Crippen LogP contribution < -0.4 is 0 Å². The molecule has 0 spiro atoms. The van der Waals surface area contributed by atoms with Gasteiger partial charge in [-0.3, -0.25) is 4.79 Å². The monoisotopic (exact) mass is 440 g/mol. The van der Waals surface area contributed by atoms with E-state index in [0.717, 1.165) is 31.0 Å². The van der Waals surface area contributed by atoms with E-state index in [1.165, 1.54) is 5.56 Å². The van der Waals surface area contributed by atoms with Crippen LogP contribution in [0.15, 0.2) is 36.7 Å². The Hall–Kier alpha value is -2.88. The molecule has 2 aromatic rings. The van der Waals surface area contributed by atoms with Crippen molar-refractivity contribution in [1.82, 2.24) is 19.4 Å². The van der Waals surface area contributed by atoms with Crippen LogP contribution in [0.3, 0.4) is 0 Å². The second kappa shape index (κ2) is 10.4. The van der Waals surface area contributed by atoms with Gasteiger partial charge in [-0.15, -0.1) is 0 Å². The number of carbonyl (C=O) groups is 2. The molecule has 1 amide bonds. The number of imidazole rings is 1. The first-order valence-electron chi connectivity index (χ1n) is 9.74. The summed E-state index contributed by atoms with van der Waals surface area (Å²) in [6.07, 6.45) is -0.780. The highest BCUT2D eigenvalue weighted by Gasteiger charge is 2.38. The number of halogens is 3. The summed E-state index contributed by atoms with van der Waals surface area (Å²) in [4.78, 5) is 30.3. The summed E-state index contributed by atoms with van der Waals surface area (Å²) in [7, 11) is 4.16. The van der Waals surface area contributed by atoms with Crippen molar-refractivity contribution < 1.29 is 27.9 Å². The molecule has 3 rings (SSSR count). The lowest BCUT2D eigenvalue weighted by Gasteiger charge is -2.26. The predicted octanol–water partition coefficient (Wildman–Crippen LogP) is 2.59. The van der Waals surface area contributed by atoms with E-state index in [9.17, 15) is 18.0 Å². The molecule has 1 unspecified atom stereocenters. The molecule has 1 aliphatic heterocycles. The number of aryl methyl sites for hydroxylation is 1. The second-order valence-corrected chi connectivity index (χ2v) is 7.86. The van der Waals surface area contributed by atoms with Crippen molar-refractivity contribution in [1.29, 1.82) is 0 Å². The van der Waals surface area contributed by atoms with Crippen LogP contribution in [0, 0.1) is 12.8 Å². The summed E-state index contributed by atoms with van der Waals surface area (Å²) in [5.74, 6) is -1.18. The summed E-state index contributed by atoms with van der Waals surface area (Å²) >= 11 is 0. The zero-order chi connectivity index (χ0) is 23.2. The summed E-state index contributed by atoms with van der Waals surface area (Å²) in [6.45, 7) is 5.33. The van der Waals surface area contributed by atoms with E-state index < -0.39 is 12.1 Å². The molecule has 1 aromatic carbocycles. The van der Waals surface area contributed by atoms with Gasteiger partial charge in [-0.05, 0) is 26.6 Å². The van der Waals surface area contributed by atoms with Gasteiger partial charge < -0.3 is 19.5 Å². The number of carbonyl (C=O) groups excluding carboxylic acids is 1. The van der Waals surface area contributed by atoms with Crippen molar-refractivity contribution in [2.24, 2.45) is 5.92 Å². The third kappa shape index (κ3) is 7.71. The van der Waals surface area contributed by atoms with E-state index in [2.05, 4.69) is 47.6 Å². The number of fused-ring (bicyclic) bond motifs is 1. The van der Waals surface area contributed by atoms with Gasteiger partial charge in [0.1, 0.15) is 5.82 Å². The number of carboxylic acid groups (broad SMARTS) is 1. The molecule has 1 N–H and O–H groups in total. The smallest absolute Gasteiger partial charge is 0.475 e. The Balaban J connectivity index is 0.000000423. The Morgan fingerprint density at radius 1 is 1.19 bits per heavy atom. The van der Waals surface area contributed by atoms with Crippen LogP contribution in [0.1, 0.15) is 17.0 Å². The van der Waals surface area contributed by atoms with E-state index in [4.69, 9.17) is 9.90 Å². The van der Waals surface area contributed by atoms with Gasteiger partial charge in [-0.25, -0.2) is 9.78 Å². The standard InChI is InChI=1S/C19H26N4O.C2HF3O2/c1-15-4-6-16(7-5-15)10-19(24)23-13-17(11-21(2)3)12-22-9-8-20-18(22)14-23;3-2(4,5)1(6)7/h4-9,17H,10-14H2,1-3H3;(H,6,7). The van der Waals surface area contributed by atoms with Crippen LogP contribution in [0.5, 0.6) is 0 Å². The lowest BCUT2D eigenvalue weighted by molar-refractivity contribution is -0.192. The van der Waals surface area contributed by atoms with Crippen LogP contribution in [-0.4, -0.2) is 69.7 Å². The van der Waals surface area contributed by atoms with E-state index in [1.807, 2.05) is 29.4 Å². The van der Waals surface area contributed by atoms with Crippen LogP contribution in [0.25, 0.3) is 0 Å². The zero-order valence-corrected chi connectivity index (χ0v) is 17.8. The number of amides is 1. The molecule has 0 radical (unpaired) electrons. The Morgan fingerprint density at radius 2 is 1.81 bits per heavy atom. The van der Waals surface area contributed by atoms with Crippen LogP contribution in [-0.2, 0) is 29.1 Å². The Bertz CT molecular complexity index is 879. The number of rotatable bonds is 4. The molecule has 0 saturated heterocycles. The molecular formula is C21H27F3N4O3. The van der Waals surface area contributed by atoms with E-state index in [0.29, 0.717) is 18.9 Å². The number of benzene rings is 1. The average molecular weight is 440 g/mol. The Labute approximate surface area is 179 Å². The van der Waals surface area contributed by atoms with Crippen molar-refractivity contribution in [2.75, 3.05) is 27.2 Å². The molecule has 0 saturated carbocycles. The fourth-order valence-electron chi connectivity index (χ4n) is 3.35. The zero-order valence-electron chi connectivity index (χ0n) is 17.8. The van der Waals surface area contributed by atoms with Gasteiger partial charge in [0.15, 0.2) is 0 Å². The number of alkyl halides is 3. The predicted molar refractivity (Wildman–Crippen MR) is 108 cm³/mol. The number of nitrogens with zero attached hydrogens (tertiary/aromatic N) is 4. The van der Waals surface area contributed by atoms with Gasteiger partial charge in [0.25, 0.3) is 0 Å². The van der Waals surface area contributed by atoms with Crippen LogP contribution in [0.4, 0.5) is 13.2 Å². The highest BCUT2D eigenvalue weighted by Crippen LogP contribution is 2.18. The van der Waals surface area contributed by atoms with Crippen molar-refractivity contribution >= 4 is 11.9 Å². The highest BCUT2D eigenvalue weighted by molar-refractivity contribution is 5.78. The number of aliphatic carboxylic acids is 1. The molecular weight excluding hydrogens is 413 g/mol. The van der Waals surface area contributed by atoms with Gasteiger partial charge in [-0.1, -0.05) is 29.8 Å². The average Bonchev–Trinajstić information content (AvgIpc) is 3.01. The second-order valence-electron chi connectivity index (χ2n) is 7.86. The van der Waals surface area contributed by atoms with E-state index in [-0.39, 0.29) is 5.91 Å². The normalized spacial score (nSPS) is 16.2. The molecule has 170 valence electrons. The summed E-state index contributed by atoms with van der Waals surface area (Å²) in [5, 5.41) is 7.12. The number of hydrogen-bond donors (Lipinski definition) is 1. The lowest BCUT2D eigenvalue weighted by Crippen LogP contribution is -2.38. The number of carboxylic acids is 1. The maximum Gasteiger partial charge on any atom is 0.490 e. The number of aromatic nitrogens is 2. The minimum Gasteiger partial charge on any atom is -0.475 e. The molecule has 1 aromatic heterocycles. The van der Waals surface area contributed by atoms with Gasteiger partial charge in [-0.2, -0.15) is 13.2 Å². The molecule has 7 nitrogen and oxygen atoms in total. The highest BCUT2D eigenvalue weighted by atomic mass is 19.4. The summed E-state index contributed by atoms with van der Waals surface area (Å²) in [5.41, 5.74) is 2.29. The number of hydrogen-bond acceptors (Lipinski definition) is 4. The first-order chi connectivity index (χ1) is 14.5. The quantitative estimate of drug-likeness (QED) is 0.791. The van der Waals surface area contributed by atoms with Crippen molar-refractivity contribution in [3.8, 4) is 0 Å². The maximum absolute atomic E-state index is 12.8. The van der Waals surface area contributed by atoms with Gasteiger partial charge >= 0.3 is 12.1 Å². The van der Waals surface area contributed by atoms with E-state index >= 15 is 0 Å². The molecule has 1 aliphatic rings. The largest absolute Gasteiger partial charge is 0.490 e. The van der Waals surface area contributed by atoms with Gasteiger partial charge in [0, 0.05) is 37.9 Å². The van der Waals surface area contributed by atoms with Crippen LogP contribution >= 0.6 is 0 Å². The van der Waals surface area contributed by atoms with Crippen molar-refractivity contribution in [2.45, 2.75) is 32.6 Å².